The summed E-state index contributed by atoms with van der Waals surface area (Å²) in [5.41, 5.74) is 7.24. The summed E-state index contributed by atoms with van der Waals surface area (Å²) < 4.78 is 42.2. The summed E-state index contributed by atoms with van der Waals surface area (Å²) >= 11 is 0. The third kappa shape index (κ3) is 4.78. The summed E-state index contributed by atoms with van der Waals surface area (Å²) in [6.07, 6.45) is -0.374. The highest BCUT2D eigenvalue weighted by Crippen LogP contribution is 2.20. The van der Waals surface area contributed by atoms with E-state index in [0.29, 0.717) is 18.7 Å². The standard InChI is InChI=1S/C14H16F3N3O/c15-14(16,17)10-21-8-2-6-20-7-5-19-13(20)11-3-1-4-12(18)9-11/h1,3-5,7,9H,2,6,8,10,18H2. The predicted octanol–water partition coefficient (Wildman–Crippen LogP) is 3.10. The van der Waals surface area contributed by atoms with Crippen molar-refractivity contribution in [2.75, 3.05) is 18.9 Å². The number of nitrogen functional groups attached to an aromatic ring is 1. The van der Waals surface area contributed by atoms with E-state index in [2.05, 4.69) is 9.72 Å². The zero-order valence-corrected chi connectivity index (χ0v) is 11.3. The molecule has 2 N–H and O–H groups in total. The number of hydrogen-bond acceptors (Lipinski definition) is 3. The van der Waals surface area contributed by atoms with Crippen LogP contribution in [0.5, 0.6) is 0 Å². The molecule has 0 saturated carbocycles. The van der Waals surface area contributed by atoms with Crippen molar-refractivity contribution < 1.29 is 17.9 Å². The number of ether oxygens (including phenoxy) is 1. The second kappa shape index (κ2) is 6.62. The number of nitrogens with two attached hydrogens (primary N) is 1. The number of halogens is 3. The predicted molar refractivity (Wildman–Crippen MR) is 73.6 cm³/mol. The molecule has 4 nitrogen and oxygen atoms in total. The maximum Gasteiger partial charge on any atom is 0.411 e. The van der Waals surface area contributed by atoms with Crippen LogP contribution in [0.25, 0.3) is 11.4 Å². The molecule has 0 radical (unpaired) electrons. The summed E-state index contributed by atoms with van der Waals surface area (Å²) in [7, 11) is 0. The molecule has 7 heteroatoms. The normalized spacial score (nSPS) is 11.8. The number of alkyl halides is 3. The smallest absolute Gasteiger partial charge is 0.399 e. The molecule has 0 bridgehead atoms. The van der Waals surface area contributed by atoms with Crippen molar-refractivity contribution in [3.05, 3.63) is 36.7 Å². The fourth-order valence-electron chi connectivity index (χ4n) is 1.95. The average molecular weight is 299 g/mol. The molecule has 1 aromatic carbocycles. The van der Waals surface area contributed by atoms with Crippen LogP contribution < -0.4 is 5.73 Å². The molecule has 2 rings (SSSR count). The minimum Gasteiger partial charge on any atom is -0.399 e. The van der Waals surface area contributed by atoms with E-state index in [1.54, 1.807) is 24.5 Å². The molecule has 0 aliphatic carbocycles. The van der Waals surface area contributed by atoms with Gasteiger partial charge in [0.1, 0.15) is 12.4 Å². The number of aromatic nitrogens is 2. The van der Waals surface area contributed by atoms with Gasteiger partial charge in [0.25, 0.3) is 0 Å². The molecule has 0 saturated heterocycles. The van der Waals surface area contributed by atoms with E-state index in [9.17, 15) is 13.2 Å². The molecular weight excluding hydrogens is 283 g/mol. The number of imidazole rings is 1. The second-order valence-corrected chi connectivity index (χ2v) is 4.59. The van der Waals surface area contributed by atoms with Gasteiger partial charge in [0.05, 0.1) is 0 Å². The highest BCUT2D eigenvalue weighted by Gasteiger charge is 2.27. The molecule has 0 unspecified atom stereocenters. The Hall–Kier alpha value is -2.02. The first-order valence-electron chi connectivity index (χ1n) is 6.47. The Morgan fingerprint density at radius 3 is 2.81 bits per heavy atom. The van der Waals surface area contributed by atoms with E-state index in [-0.39, 0.29) is 6.61 Å². The molecular formula is C14H16F3N3O. The zero-order valence-electron chi connectivity index (χ0n) is 11.3. The van der Waals surface area contributed by atoms with Gasteiger partial charge in [0, 0.05) is 36.8 Å². The van der Waals surface area contributed by atoms with Gasteiger partial charge in [-0.15, -0.1) is 0 Å². The first kappa shape index (κ1) is 15.4. The van der Waals surface area contributed by atoms with Crippen LogP contribution in [0.3, 0.4) is 0 Å². The Kier molecular flexibility index (Phi) is 4.85. The molecule has 2 aromatic rings. The minimum absolute atomic E-state index is 0.0497. The third-order valence-electron chi connectivity index (χ3n) is 2.81. The van der Waals surface area contributed by atoms with Crippen molar-refractivity contribution in [3.63, 3.8) is 0 Å². The topological polar surface area (TPSA) is 53.1 Å². The van der Waals surface area contributed by atoms with E-state index in [1.165, 1.54) is 0 Å². The molecule has 0 spiro atoms. The van der Waals surface area contributed by atoms with Gasteiger partial charge < -0.3 is 15.0 Å². The van der Waals surface area contributed by atoms with Crippen LogP contribution >= 0.6 is 0 Å². The number of benzene rings is 1. The summed E-state index contributed by atoms with van der Waals surface area (Å²) in [6.45, 7) is -0.630. The molecule has 0 aliphatic rings. The lowest BCUT2D eigenvalue weighted by Gasteiger charge is -2.10. The summed E-state index contributed by atoms with van der Waals surface area (Å²) in [6, 6.07) is 7.30. The van der Waals surface area contributed by atoms with Gasteiger partial charge in [0.2, 0.25) is 0 Å². The Morgan fingerprint density at radius 2 is 2.10 bits per heavy atom. The zero-order chi connectivity index (χ0) is 15.3. The van der Waals surface area contributed by atoms with Gasteiger partial charge in [-0.25, -0.2) is 4.98 Å². The molecule has 0 atom stereocenters. The largest absolute Gasteiger partial charge is 0.411 e. The Labute approximate surface area is 120 Å². The second-order valence-electron chi connectivity index (χ2n) is 4.59. The molecule has 21 heavy (non-hydrogen) atoms. The lowest BCUT2D eigenvalue weighted by Crippen LogP contribution is -2.17. The van der Waals surface area contributed by atoms with Crippen LogP contribution in [0.15, 0.2) is 36.7 Å². The SMILES string of the molecule is Nc1cccc(-c2nccn2CCCOCC(F)(F)F)c1. The lowest BCUT2D eigenvalue weighted by molar-refractivity contribution is -0.174. The highest BCUT2D eigenvalue weighted by atomic mass is 19.4. The van der Waals surface area contributed by atoms with Crippen molar-refractivity contribution >= 4 is 5.69 Å². The molecule has 1 heterocycles. The van der Waals surface area contributed by atoms with Crippen molar-refractivity contribution in [3.8, 4) is 11.4 Å². The highest BCUT2D eigenvalue weighted by molar-refractivity contribution is 5.61. The third-order valence-corrected chi connectivity index (χ3v) is 2.81. The van der Waals surface area contributed by atoms with Crippen LogP contribution in [0.1, 0.15) is 6.42 Å². The average Bonchev–Trinajstić information content (AvgIpc) is 2.85. The van der Waals surface area contributed by atoms with E-state index < -0.39 is 12.8 Å². The van der Waals surface area contributed by atoms with Gasteiger partial charge in [-0.1, -0.05) is 12.1 Å². The fourth-order valence-corrected chi connectivity index (χ4v) is 1.95. The summed E-state index contributed by atoms with van der Waals surface area (Å²) in [5, 5.41) is 0. The minimum atomic E-state index is -4.28. The molecule has 1 aromatic heterocycles. The first-order chi connectivity index (χ1) is 9.96. The van der Waals surface area contributed by atoms with E-state index in [0.717, 1.165) is 11.4 Å². The first-order valence-corrected chi connectivity index (χ1v) is 6.47. The van der Waals surface area contributed by atoms with E-state index >= 15 is 0 Å². The van der Waals surface area contributed by atoms with Crippen molar-refractivity contribution in [2.45, 2.75) is 19.1 Å². The maximum absolute atomic E-state index is 11.9. The lowest BCUT2D eigenvalue weighted by atomic mass is 10.2. The number of rotatable bonds is 6. The number of nitrogens with zero attached hydrogens (tertiary/aromatic N) is 2. The maximum atomic E-state index is 11.9. The van der Waals surface area contributed by atoms with Crippen LogP contribution in [0.2, 0.25) is 0 Å². The Morgan fingerprint density at radius 1 is 1.29 bits per heavy atom. The molecule has 114 valence electrons. The molecule has 0 amide bonds. The quantitative estimate of drug-likeness (QED) is 0.658. The Balaban J connectivity index is 1.89. The van der Waals surface area contributed by atoms with Crippen molar-refractivity contribution in [2.24, 2.45) is 0 Å². The van der Waals surface area contributed by atoms with E-state index in [1.807, 2.05) is 16.7 Å². The van der Waals surface area contributed by atoms with Crippen LogP contribution in [0, 0.1) is 0 Å². The van der Waals surface area contributed by atoms with E-state index in [4.69, 9.17) is 5.73 Å². The van der Waals surface area contributed by atoms with Gasteiger partial charge in [-0.2, -0.15) is 13.2 Å². The van der Waals surface area contributed by atoms with Gasteiger partial charge in [0.15, 0.2) is 0 Å². The number of aryl methyl sites for hydroxylation is 1. The molecule has 0 fully saturated rings. The van der Waals surface area contributed by atoms with Gasteiger partial charge in [-0.3, -0.25) is 0 Å². The summed E-state index contributed by atoms with van der Waals surface area (Å²) in [5.74, 6) is 0.734. The number of anilines is 1. The molecule has 0 aliphatic heterocycles. The van der Waals surface area contributed by atoms with Crippen LogP contribution in [-0.2, 0) is 11.3 Å². The fraction of sp³-hybridized carbons (Fsp3) is 0.357. The van der Waals surface area contributed by atoms with Crippen molar-refractivity contribution in [1.82, 2.24) is 9.55 Å². The Bertz CT molecular complexity index is 581. The number of hydrogen-bond donors (Lipinski definition) is 1. The van der Waals surface area contributed by atoms with Crippen LogP contribution in [0.4, 0.5) is 18.9 Å². The van der Waals surface area contributed by atoms with Gasteiger partial charge >= 0.3 is 6.18 Å². The van der Waals surface area contributed by atoms with Crippen molar-refractivity contribution in [1.29, 1.82) is 0 Å². The van der Waals surface area contributed by atoms with Gasteiger partial charge in [-0.05, 0) is 18.6 Å². The monoisotopic (exact) mass is 299 g/mol. The van der Waals surface area contributed by atoms with Crippen LogP contribution in [-0.4, -0.2) is 28.9 Å². The summed E-state index contributed by atoms with van der Waals surface area (Å²) in [4.78, 5) is 4.25.